The number of carbonyl (C=O) groups excluding carboxylic acids is 1. The van der Waals surface area contributed by atoms with Gasteiger partial charge < -0.3 is 10.4 Å². The van der Waals surface area contributed by atoms with Crippen LogP contribution in [0.1, 0.15) is 38.3 Å². The Hall–Kier alpha value is -2.05. The maximum Gasteiger partial charge on any atom is 0.416 e. The number of aliphatic carboxylic acids is 1. The zero-order valence-electron chi connectivity index (χ0n) is 13.9. The molecule has 0 aromatic heterocycles. The highest BCUT2D eigenvalue weighted by atomic mass is 19.4. The Kier molecular flexibility index (Phi) is 6.40. The van der Waals surface area contributed by atoms with Crippen molar-refractivity contribution in [2.24, 2.45) is 11.3 Å². The molecule has 1 aromatic carbocycles. The largest absolute Gasteiger partial charge is 0.481 e. The first-order valence-corrected chi connectivity index (χ1v) is 7.64. The Bertz CT molecular complexity index is 580. The quantitative estimate of drug-likeness (QED) is 0.795. The fraction of sp³-hybridized carbons (Fsp3) is 0.529. The first-order chi connectivity index (χ1) is 11.0. The number of nitrogens with one attached hydrogen (secondary N) is 1. The monoisotopic (exact) mass is 345 g/mol. The second-order valence-electron chi connectivity index (χ2n) is 6.41. The van der Waals surface area contributed by atoms with Gasteiger partial charge in [0.25, 0.3) is 0 Å². The standard InChI is InChI=1S/C17H22F3NO3/c1-4-12(14(22)21-10-16(2,3)15(23)24)9-11-5-7-13(8-6-11)17(18,19)20/h5-8,12H,4,9-10H2,1-3H3,(H,21,22)(H,23,24). The molecule has 0 bridgehead atoms. The molecule has 134 valence electrons. The lowest BCUT2D eigenvalue weighted by Gasteiger charge is -2.22. The van der Waals surface area contributed by atoms with Gasteiger partial charge in [-0.05, 0) is 44.4 Å². The summed E-state index contributed by atoms with van der Waals surface area (Å²) < 4.78 is 37.6. The van der Waals surface area contributed by atoms with E-state index < -0.39 is 29.0 Å². The van der Waals surface area contributed by atoms with Gasteiger partial charge in [0.1, 0.15) is 0 Å². The molecule has 0 saturated heterocycles. The Morgan fingerprint density at radius 2 is 1.71 bits per heavy atom. The summed E-state index contributed by atoms with van der Waals surface area (Å²) in [7, 11) is 0. The Morgan fingerprint density at radius 1 is 1.17 bits per heavy atom. The van der Waals surface area contributed by atoms with Gasteiger partial charge in [-0.15, -0.1) is 0 Å². The summed E-state index contributed by atoms with van der Waals surface area (Å²) in [5, 5.41) is 11.6. The predicted octanol–water partition coefficient (Wildman–Crippen LogP) is 3.50. The molecule has 0 aliphatic carbocycles. The highest BCUT2D eigenvalue weighted by molar-refractivity contribution is 5.80. The van der Waals surface area contributed by atoms with Gasteiger partial charge in [0.2, 0.25) is 5.91 Å². The van der Waals surface area contributed by atoms with Crippen LogP contribution in [0.5, 0.6) is 0 Å². The summed E-state index contributed by atoms with van der Waals surface area (Å²) in [4.78, 5) is 23.2. The third kappa shape index (κ3) is 5.54. The molecule has 0 spiro atoms. The molecule has 1 rings (SSSR count). The van der Waals surface area contributed by atoms with Gasteiger partial charge in [0.15, 0.2) is 0 Å². The SMILES string of the molecule is CCC(Cc1ccc(C(F)(F)F)cc1)C(=O)NCC(C)(C)C(=O)O. The minimum Gasteiger partial charge on any atom is -0.481 e. The van der Waals surface area contributed by atoms with Gasteiger partial charge in [0, 0.05) is 12.5 Å². The van der Waals surface area contributed by atoms with Crippen molar-refractivity contribution in [2.45, 2.75) is 39.8 Å². The molecule has 1 unspecified atom stereocenters. The number of hydrogen-bond acceptors (Lipinski definition) is 2. The van der Waals surface area contributed by atoms with Crippen molar-refractivity contribution >= 4 is 11.9 Å². The van der Waals surface area contributed by atoms with Crippen molar-refractivity contribution in [3.05, 3.63) is 35.4 Å². The van der Waals surface area contributed by atoms with Crippen molar-refractivity contribution in [1.82, 2.24) is 5.32 Å². The summed E-state index contributed by atoms with van der Waals surface area (Å²) in [6.07, 6.45) is -3.59. The smallest absolute Gasteiger partial charge is 0.416 e. The Balaban J connectivity index is 2.70. The highest BCUT2D eigenvalue weighted by Crippen LogP contribution is 2.29. The molecule has 0 aliphatic rings. The fourth-order valence-corrected chi connectivity index (χ4v) is 2.06. The van der Waals surface area contributed by atoms with Crippen LogP contribution in [0.25, 0.3) is 0 Å². The lowest BCUT2D eigenvalue weighted by molar-refractivity contribution is -0.147. The lowest BCUT2D eigenvalue weighted by Crippen LogP contribution is -2.41. The maximum atomic E-state index is 12.5. The number of carboxylic acid groups (broad SMARTS) is 1. The summed E-state index contributed by atoms with van der Waals surface area (Å²) in [6.45, 7) is 4.81. The van der Waals surface area contributed by atoms with Gasteiger partial charge in [-0.2, -0.15) is 13.2 Å². The van der Waals surface area contributed by atoms with Crippen LogP contribution in [0.15, 0.2) is 24.3 Å². The van der Waals surface area contributed by atoms with E-state index in [-0.39, 0.29) is 12.5 Å². The first kappa shape index (κ1) is 20.0. The van der Waals surface area contributed by atoms with Crippen LogP contribution in [-0.4, -0.2) is 23.5 Å². The average Bonchev–Trinajstić information content (AvgIpc) is 2.49. The van der Waals surface area contributed by atoms with Gasteiger partial charge in [-0.1, -0.05) is 19.1 Å². The Labute approximate surface area is 139 Å². The molecule has 0 aliphatic heterocycles. The van der Waals surface area contributed by atoms with Gasteiger partial charge >= 0.3 is 12.1 Å². The van der Waals surface area contributed by atoms with E-state index in [1.54, 1.807) is 6.92 Å². The van der Waals surface area contributed by atoms with Crippen LogP contribution < -0.4 is 5.32 Å². The van der Waals surface area contributed by atoms with E-state index in [0.29, 0.717) is 18.4 Å². The number of hydrogen-bond donors (Lipinski definition) is 2. The van der Waals surface area contributed by atoms with Crippen LogP contribution in [0.3, 0.4) is 0 Å². The number of alkyl halides is 3. The number of carboxylic acids is 1. The molecular weight excluding hydrogens is 323 g/mol. The van der Waals surface area contributed by atoms with Crippen molar-refractivity contribution in [1.29, 1.82) is 0 Å². The second kappa shape index (κ2) is 7.68. The van der Waals surface area contributed by atoms with E-state index in [2.05, 4.69) is 5.32 Å². The molecule has 0 radical (unpaired) electrons. The number of amides is 1. The van der Waals surface area contributed by atoms with E-state index in [0.717, 1.165) is 12.1 Å². The van der Waals surface area contributed by atoms with Crippen LogP contribution in [0.2, 0.25) is 0 Å². The summed E-state index contributed by atoms with van der Waals surface area (Å²) in [5.74, 6) is -1.74. The average molecular weight is 345 g/mol. The van der Waals surface area contributed by atoms with E-state index in [1.165, 1.54) is 26.0 Å². The van der Waals surface area contributed by atoms with Gasteiger partial charge in [0.05, 0.1) is 11.0 Å². The number of benzene rings is 1. The number of halogens is 3. The van der Waals surface area contributed by atoms with Crippen molar-refractivity contribution in [2.75, 3.05) is 6.54 Å². The molecule has 0 fully saturated rings. The summed E-state index contributed by atoms with van der Waals surface area (Å²) in [6, 6.07) is 4.71. The molecule has 7 heteroatoms. The van der Waals surface area contributed by atoms with Crippen molar-refractivity contribution in [3.63, 3.8) is 0 Å². The van der Waals surface area contributed by atoms with E-state index >= 15 is 0 Å². The Morgan fingerprint density at radius 3 is 2.12 bits per heavy atom. The molecule has 4 nitrogen and oxygen atoms in total. The second-order valence-corrected chi connectivity index (χ2v) is 6.41. The maximum absolute atomic E-state index is 12.5. The minimum atomic E-state index is -4.39. The third-order valence-corrected chi connectivity index (χ3v) is 3.91. The van der Waals surface area contributed by atoms with E-state index in [1.807, 2.05) is 0 Å². The third-order valence-electron chi connectivity index (χ3n) is 3.91. The highest BCUT2D eigenvalue weighted by Gasteiger charge is 2.31. The van der Waals surface area contributed by atoms with Crippen molar-refractivity contribution in [3.8, 4) is 0 Å². The zero-order chi connectivity index (χ0) is 18.5. The first-order valence-electron chi connectivity index (χ1n) is 7.64. The van der Waals surface area contributed by atoms with E-state index in [9.17, 15) is 22.8 Å². The van der Waals surface area contributed by atoms with Gasteiger partial charge in [-0.3, -0.25) is 9.59 Å². The van der Waals surface area contributed by atoms with Gasteiger partial charge in [-0.25, -0.2) is 0 Å². The summed E-state index contributed by atoms with van der Waals surface area (Å²) in [5.41, 5.74) is -1.18. The van der Waals surface area contributed by atoms with Crippen LogP contribution >= 0.6 is 0 Å². The predicted molar refractivity (Wildman–Crippen MR) is 83.4 cm³/mol. The molecule has 0 heterocycles. The molecule has 2 N–H and O–H groups in total. The van der Waals surface area contributed by atoms with Crippen LogP contribution in [-0.2, 0) is 22.2 Å². The molecular formula is C17H22F3NO3. The molecule has 1 aromatic rings. The topological polar surface area (TPSA) is 66.4 Å². The molecule has 1 amide bonds. The lowest BCUT2D eigenvalue weighted by atomic mass is 9.92. The number of carbonyl (C=O) groups is 2. The normalized spacial score (nSPS) is 13.4. The molecule has 0 saturated carbocycles. The zero-order valence-corrected chi connectivity index (χ0v) is 13.9. The van der Waals surface area contributed by atoms with Crippen LogP contribution in [0, 0.1) is 11.3 Å². The molecule has 24 heavy (non-hydrogen) atoms. The van der Waals surface area contributed by atoms with Crippen molar-refractivity contribution < 1.29 is 27.9 Å². The fourth-order valence-electron chi connectivity index (χ4n) is 2.06. The molecule has 1 atom stereocenters. The minimum absolute atomic E-state index is 0.00925. The van der Waals surface area contributed by atoms with E-state index in [4.69, 9.17) is 5.11 Å². The summed E-state index contributed by atoms with van der Waals surface area (Å²) >= 11 is 0. The van der Waals surface area contributed by atoms with Crippen LogP contribution in [0.4, 0.5) is 13.2 Å². The number of rotatable bonds is 7.